The zero-order valence-electron chi connectivity index (χ0n) is 12.4. The summed E-state index contributed by atoms with van der Waals surface area (Å²) >= 11 is 0. The molecule has 0 aliphatic heterocycles. The molecule has 0 aliphatic rings. The molecule has 0 saturated heterocycles. The van der Waals surface area contributed by atoms with Gasteiger partial charge in [-0.25, -0.2) is 0 Å². The van der Waals surface area contributed by atoms with Crippen molar-refractivity contribution in [3.05, 3.63) is 60.2 Å². The van der Waals surface area contributed by atoms with Crippen molar-refractivity contribution in [1.29, 1.82) is 0 Å². The van der Waals surface area contributed by atoms with Crippen LogP contribution in [0.15, 0.2) is 54.6 Å². The summed E-state index contributed by atoms with van der Waals surface area (Å²) in [7, 11) is 1.16. The molecule has 0 heterocycles. The first-order valence-corrected chi connectivity index (χ1v) is 6.82. The highest BCUT2D eigenvalue weighted by Gasteiger charge is 2.32. The first-order valence-electron chi connectivity index (χ1n) is 6.82. The fraction of sp³-hybridized carbons (Fsp3) is 0.167. The highest BCUT2D eigenvalue weighted by molar-refractivity contribution is 6.22. The van der Waals surface area contributed by atoms with E-state index >= 15 is 0 Å². The predicted molar refractivity (Wildman–Crippen MR) is 82.4 cm³/mol. The van der Waals surface area contributed by atoms with Gasteiger partial charge in [-0.3, -0.25) is 14.4 Å². The molecule has 0 spiro atoms. The molecule has 0 amide bonds. The van der Waals surface area contributed by atoms with Crippen LogP contribution >= 0.6 is 0 Å². The van der Waals surface area contributed by atoms with E-state index in [0.29, 0.717) is 5.56 Å². The summed E-state index contributed by atoms with van der Waals surface area (Å²) in [5.41, 5.74) is 2.29. The summed E-state index contributed by atoms with van der Waals surface area (Å²) in [5.74, 6) is -3.29. The van der Waals surface area contributed by atoms with Crippen LogP contribution < -0.4 is 0 Å². The van der Waals surface area contributed by atoms with Gasteiger partial charge >= 0.3 is 5.97 Å². The number of Topliss-reactive ketones (excluding diaryl/α,β-unsaturated/α-hetero) is 2. The molecule has 0 radical (unpaired) electrons. The van der Waals surface area contributed by atoms with E-state index < -0.39 is 23.5 Å². The van der Waals surface area contributed by atoms with Crippen LogP contribution in [0.4, 0.5) is 0 Å². The van der Waals surface area contributed by atoms with E-state index in [0.717, 1.165) is 18.2 Å². The molecule has 2 aromatic rings. The standard InChI is InChI=1S/C18H16O4/c1-12(19)16(18(21)22-2)17(20)15-10-8-14(9-11-15)13-6-4-3-5-7-13/h3-11,16H,1-2H3/t16-/m1/s1. The largest absolute Gasteiger partial charge is 0.468 e. The van der Waals surface area contributed by atoms with Crippen LogP contribution in [0, 0.1) is 5.92 Å². The lowest BCUT2D eigenvalue weighted by Gasteiger charge is -2.11. The second kappa shape index (κ2) is 6.80. The maximum Gasteiger partial charge on any atom is 0.324 e. The molecule has 4 heteroatoms. The molecular formula is C18H16O4. The van der Waals surface area contributed by atoms with E-state index in [1.807, 2.05) is 30.3 Å². The van der Waals surface area contributed by atoms with E-state index in [9.17, 15) is 14.4 Å². The van der Waals surface area contributed by atoms with E-state index in [-0.39, 0.29) is 0 Å². The Balaban J connectivity index is 2.28. The summed E-state index contributed by atoms with van der Waals surface area (Å²) in [6, 6.07) is 16.5. The minimum Gasteiger partial charge on any atom is -0.468 e. The molecule has 22 heavy (non-hydrogen) atoms. The Labute approximate surface area is 128 Å². The third kappa shape index (κ3) is 3.28. The number of rotatable bonds is 5. The van der Waals surface area contributed by atoms with Crippen molar-refractivity contribution in [1.82, 2.24) is 0 Å². The Hall–Kier alpha value is -2.75. The molecule has 0 N–H and O–H groups in total. The molecule has 0 aromatic heterocycles. The van der Waals surface area contributed by atoms with Gasteiger partial charge in [-0.1, -0.05) is 54.6 Å². The van der Waals surface area contributed by atoms with Crippen LogP contribution in [0.3, 0.4) is 0 Å². The van der Waals surface area contributed by atoms with Crippen molar-refractivity contribution in [2.75, 3.05) is 7.11 Å². The first kappa shape index (κ1) is 15.6. The van der Waals surface area contributed by atoms with Gasteiger partial charge in [-0.15, -0.1) is 0 Å². The van der Waals surface area contributed by atoms with Crippen molar-refractivity contribution < 1.29 is 19.1 Å². The minimum absolute atomic E-state index is 0.310. The van der Waals surface area contributed by atoms with Crippen molar-refractivity contribution in [2.45, 2.75) is 6.92 Å². The lowest BCUT2D eigenvalue weighted by atomic mass is 9.93. The molecule has 0 fully saturated rings. The maximum absolute atomic E-state index is 12.3. The lowest BCUT2D eigenvalue weighted by molar-refractivity contribution is -0.146. The molecule has 2 rings (SSSR count). The fourth-order valence-electron chi connectivity index (χ4n) is 2.20. The van der Waals surface area contributed by atoms with Crippen LogP contribution in [-0.4, -0.2) is 24.6 Å². The number of hydrogen-bond donors (Lipinski definition) is 0. The highest BCUT2D eigenvalue weighted by Crippen LogP contribution is 2.21. The van der Waals surface area contributed by atoms with Gasteiger partial charge in [-0.05, 0) is 18.1 Å². The van der Waals surface area contributed by atoms with Crippen molar-refractivity contribution >= 4 is 17.5 Å². The smallest absolute Gasteiger partial charge is 0.324 e. The average molecular weight is 296 g/mol. The van der Waals surface area contributed by atoms with Gasteiger partial charge in [0, 0.05) is 5.56 Å². The minimum atomic E-state index is -1.40. The summed E-state index contributed by atoms with van der Waals surface area (Å²) in [5, 5.41) is 0. The molecule has 4 nitrogen and oxygen atoms in total. The Bertz CT molecular complexity index is 687. The van der Waals surface area contributed by atoms with Gasteiger partial charge in [0.2, 0.25) is 0 Å². The highest BCUT2D eigenvalue weighted by atomic mass is 16.5. The maximum atomic E-state index is 12.3. The summed E-state index contributed by atoms with van der Waals surface area (Å²) in [6.07, 6.45) is 0. The van der Waals surface area contributed by atoms with Gasteiger partial charge in [0.25, 0.3) is 0 Å². The Morgan fingerprint density at radius 2 is 1.41 bits per heavy atom. The second-order valence-corrected chi connectivity index (χ2v) is 4.87. The number of methoxy groups -OCH3 is 1. The number of hydrogen-bond acceptors (Lipinski definition) is 4. The van der Waals surface area contributed by atoms with E-state index in [4.69, 9.17) is 0 Å². The molecule has 0 bridgehead atoms. The average Bonchev–Trinajstić information content (AvgIpc) is 2.55. The van der Waals surface area contributed by atoms with Gasteiger partial charge < -0.3 is 4.74 Å². The predicted octanol–water partition coefficient (Wildman–Crippen LogP) is 2.91. The number of esters is 1. The van der Waals surface area contributed by atoms with Crippen LogP contribution in [0.2, 0.25) is 0 Å². The van der Waals surface area contributed by atoms with Crippen molar-refractivity contribution in [3.8, 4) is 11.1 Å². The summed E-state index contributed by atoms with van der Waals surface area (Å²) in [4.78, 5) is 35.4. The zero-order chi connectivity index (χ0) is 16.1. The van der Waals surface area contributed by atoms with Gasteiger partial charge in [0.05, 0.1) is 7.11 Å². The number of ether oxygens (including phenoxy) is 1. The van der Waals surface area contributed by atoms with Crippen molar-refractivity contribution in [2.24, 2.45) is 5.92 Å². The van der Waals surface area contributed by atoms with E-state index in [1.54, 1.807) is 24.3 Å². The number of carbonyl (C=O) groups is 3. The molecule has 2 aromatic carbocycles. The van der Waals surface area contributed by atoms with Crippen LogP contribution in [0.25, 0.3) is 11.1 Å². The Morgan fingerprint density at radius 1 is 0.864 bits per heavy atom. The van der Waals surface area contributed by atoms with Crippen LogP contribution in [0.1, 0.15) is 17.3 Å². The quantitative estimate of drug-likeness (QED) is 0.483. The first-order chi connectivity index (χ1) is 10.5. The molecular weight excluding hydrogens is 280 g/mol. The molecule has 0 saturated carbocycles. The normalized spacial score (nSPS) is 11.5. The Kier molecular flexibility index (Phi) is 4.84. The monoisotopic (exact) mass is 296 g/mol. The third-order valence-corrected chi connectivity index (χ3v) is 3.38. The SMILES string of the molecule is COC(=O)[C@H](C(C)=O)C(=O)c1ccc(-c2ccccc2)cc1. The topological polar surface area (TPSA) is 60.4 Å². The number of ketones is 2. The molecule has 0 aliphatic carbocycles. The summed E-state index contributed by atoms with van der Waals surface area (Å²) < 4.78 is 4.53. The van der Waals surface area contributed by atoms with Crippen molar-refractivity contribution in [3.63, 3.8) is 0 Å². The molecule has 0 unspecified atom stereocenters. The number of carbonyl (C=O) groups excluding carboxylic acids is 3. The fourth-order valence-corrected chi connectivity index (χ4v) is 2.20. The van der Waals surface area contributed by atoms with Gasteiger partial charge in [0.15, 0.2) is 17.5 Å². The molecule has 112 valence electrons. The second-order valence-electron chi connectivity index (χ2n) is 4.87. The lowest BCUT2D eigenvalue weighted by Crippen LogP contribution is -2.31. The molecule has 1 atom stereocenters. The van der Waals surface area contributed by atoms with Crippen LogP contribution in [-0.2, 0) is 14.3 Å². The van der Waals surface area contributed by atoms with Gasteiger partial charge in [0.1, 0.15) is 0 Å². The Morgan fingerprint density at radius 3 is 1.91 bits per heavy atom. The van der Waals surface area contributed by atoms with Gasteiger partial charge in [-0.2, -0.15) is 0 Å². The van der Waals surface area contributed by atoms with Crippen LogP contribution in [0.5, 0.6) is 0 Å². The third-order valence-electron chi connectivity index (χ3n) is 3.38. The summed E-state index contributed by atoms with van der Waals surface area (Å²) in [6.45, 7) is 1.21. The van der Waals surface area contributed by atoms with E-state index in [1.165, 1.54) is 6.92 Å². The van der Waals surface area contributed by atoms with E-state index in [2.05, 4.69) is 4.74 Å². The number of benzene rings is 2. The zero-order valence-corrected chi connectivity index (χ0v) is 12.4.